The van der Waals surface area contributed by atoms with Gasteiger partial charge in [0.15, 0.2) is 5.78 Å². The quantitative estimate of drug-likeness (QED) is 0.556. The number of carbonyl (C=O) groups is 2. The summed E-state index contributed by atoms with van der Waals surface area (Å²) in [6.07, 6.45) is 1.17. The molecule has 1 aliphatic carbocycles. The second kappa shape index (κ2) is 7.56. The molecule has 0 aromatic heterocycles. The Balaban J connectivity index is 1.98. The highest BCUT2D eigenvalue weighted by atomic mass is 79.9. The van der Waals surface area contributed by atoms with Crippen LogP contribution in [0.2, 0.25) is 0 Å². The van der Waals surface area contributed by atoms with Gasteiger partial charge in [-0.25, -0.2) is 9.18 Å². The standard InChI is InChI=1S/C23H25BrFNO3/c1-14-18(20(27)16-6-5-7-17(25)12-16)10-15(11-19(14)24)13-23(8-9-23)26(21(28)29)22(2,3)4/h5-7,10-12H,8-9,13H2,1-4H3,(H,28,29). The predicted octanol–water partition coefficient (Wildman–Crippen LogP) is 5.98. The predicted molar refractivity (Wildman–Crippen MR) is 114 cm³/mol. The van der Waals surface area contributed by atoms with Gasteiger partial charge in [0.25, 0.3) is 0 Å². The van der Waals surface area contributed by atoms with Gasteiger partial charge < -0.3 is 5.11 Å². The second-order valence-electron chi connectivity index (χ2n) is 8.78. The molecule has 3 rings (SSSR count). The Bertz CT molecular complexity index is 977. The van der Waals surface area contributed by atoms with Gasteiger partial charge in [0.2, 0.25) is 0 Å². The summed E-state index contributed by atoms with van der Waals surface area (Å²) >= 11 is 3.53. The van der Waals surface area contributed by atoms with E-state index in [0.717, 1.165) is 28.4 Å². The minimum absolute atomic E-state index is 0.250. The van der Waals surface area contributed by atoms with Crippen LogP contribution >= 0.6 is 15.9 Å². The Labute approximate surface area is 178 Å². The van der Waals surface area contributed by atoms with Crippen molar-refractivity contribution in [2.45, 2.75) is 58.0 Å². The number of hydrogen-bond acceptors (Lipinski definition) is 2. The molecule has 4 nitrogen and oxygen atoms in total. The summed E-state index contributed by atoms with van der Waals surface area (Å²) in [5.74, 6) is -0.705. The molecular formula is C23H25BrFNO3. The molecule has 1 aliphatic rings. The van der Waals surface area contributed by atoms with E-state index in [4.69, 9.17) is 0 Å². The van der Waals surface area contributed by atoms with Gasteiger partial charge in [0.05, 0.1) is 5.54 Å². The largest absolute Gasteiger partial charge is 0.465 e. The number of hydrogen-bond donors (Lipinski definition) is 1. The van der Waals surface area contributed by atoms with E-state index in [1.54, 1.807) is 11.0 Å². The molecular weight excluding hydrogens is 437 g/mol. The van der Waals surface area contributed by atoms with E-state index in [9.17, 15) is 19.1 Å². The Kier molecular flexibility index (Phi) is 5.60. The first-order valence-corrected chi connectivity index (χ1v) is 10.4. The molecule has 0 unspecified atom stereocenters. The minimum atomic E-state index is -0.933. The summed E-state index contributed by atoms with van der Waals surface area (Å²) in [6.45, 7) is 7.52. The van der Waals surface area contributed by atoms with Crippen LogP contribution in [0.5, 0.6) is 0 Å². The van der Waals surface area contributed by atoms with Crippen LogP contribution in [0.4, 0.5) is 9.18 Å². The summed E-state index contributed by atoms with van der Waals surface area (Å²) < 4.78 is 14.4. The Morgan fingerprint density at radius 2 is 1.86 bits per heavy atom. The van der Waals surface area contributed by atoms with Crippen molar-refractivity contribution in [3.63, 3.8) is 0 Å². The monoisotopic (exact) mass is 461 g/mol. The minimum Gasteiger partial charge on any atom is -0.465 e. The summed E-state index contributed by atoms with van der Waals surface area (Å²) in [5, 5.41) is 9.81. The number of ketones is 1. The molecule has 2 aromatic carbocycles. The van der Waals surface area contributed by atoms with E-state index in [1.165, 1.54) is 18.2 Å². The Hall–Kier alpha value is -2.21. The SMILES string of the molecule is Cc1c(Br)cc(CC2(N(C(=O)O)C(C)(C)C)CC2)cc1C(=O)c1cccc(F)c1. The van der Waals surface area contributed by atoms with Crippen LogP contribution in [-0.4, -0.2) is 33.0 Å². The average molecular weight is 462 g/mol. The van der Waals surface area contributed by atoms with Crippen LogP contribution in [0.25, 0.3) is 0 Å². The first-order chi connectivity index (χ1) is 13.4. The smallest absolute Gasteiger partial charge is 0.408 e. The molecule has 154 valence electrons. The van der Waals surface area contributed by atoms with Gasteiger partial charge >= 0.3 is 6.09 Å². The van der Waals surface area contributed by atoms with Gasteiger partial charge in [-0.3, -0.25) is 9.69 Å². The maximum absolute atomic E-state index is 13.6. The number of rotatable bonds is 5. The fourth-order valence-electron chi connectivity index (χ4n) is 4.06. The molecule has 1 fully saturated rings. The summed E-state index contributed by atoms with van der Waals surface area (Å²) in [5.41, 5.74) is 1.46. The van der Waals surface area contributed by atoms with Gasteiger partial charge in [-0.2, -0.15) is 0 Å². The topological polar surface area (TPSA) is 57.6 Å². The molecule has 1 amide bonds. The molecule has 0 radical (unpaired) electrons. The zero-order valence-corrected chi connectivity index (χ0v) is 18.6. The van der Waals surface area contributed by atoms with Gasteiger partial charge in [-0.05, 0) is 82.3 Å². The van der Waals surface area contributed by atoms with E-state index >= 15 is 0 Å². The first-order valence-electron chi connectivity index (χ1n) is 9.57. The van der Waals surface area contributed by atoms with Crippen LogP contribution in [0.1, 0.15) is 60.7 Å². The van der Waals surface area contributed by atoms with E-state index in [-0.39, 0.29) is 5.78 Å². The molecule has 2 aromatic rings. The van der Waals surface area contributed by atoms with Crippen molar-refractivity contribution < 1.29 is 19.1 Å². The van der Waals surface area contributed by atoms with Crippen molar-refractivity contribution in [2.24, 2.45) is 0 Å². The van der Waals surface area contributed by atoms with Gasteiger partial charge in [0, 0.05) is 21.1 Å². The number of amides is 1. The van der Waals surface area contributed by atoms with Crippen molar-refractivity contribution in [2.75, 3.05) is 0 Å². The lowest BCUT2D eigenvalue weighted by Crippen LogP contribution is -2.53. The number of benzene rings is 2. The molecule has 29 heavy (non-hydrogen) atoms. The third-order valence-electron chi connectivity index (χ3n) is 5.43. The van der Waals surface area contributed by atoms with Gasteiger partial charge in [-0.15, -0.1) is 0 Å². The summed E-state index contributed by atoms with van der Waals surface area (Å²) in [4.78, 5) is 26.5. The Morgan fingerprint density at radius 1 is 1.21 bits per heavy atom. The lowest BCUT2D eigenvalue weighted by atomic mass is 9.92. The first kappa shape index (κ1) is 21.5. The highest BCUT2D eigenvalue weighted by molar-refractivity contribution is 9.10. The van der Waals surface area contributed by atoms with E-state index < -0.39 is 23.0 Å². The molecule has 1 saturated carbocycles. The number of carboxylic acid groups (broad SMARTS) is 1. The van der Waals surface area contributed by atoms with Crippen molar-refractivity contribution in [3.8, 4) is 0 Å². The third-order valence-corrected chi connectivity index (χ3v) is 6.26. The lowest BCUT2D eigenvalue weighted by Gasteiger charge is -2.40. The maximum Gasteiger partial charge on any atom is 0.408 e. The number of carbonyl (C=O) groups excluding carboxylic acids is 1. The van der Waals surface area contributed by atoms with Crippen LogP contribution in [-0.2, 0) is 6.42 Å². The van der Waals surface area contributed by atoms with Crippen molar-refractivity contribution in [1.82, 2.24) is 4.90 Å². The molecule has 0 aliphatic heterocycles. The highest BCUT2D eigenvalue weighted by Crippen LogP contribution is 2.48. The molecule has 0 saturated heterocycles. The van der Waals surface area contributed by atoms with Gasteiger partial charge in [0.1, 0.15) is 5.82 Å². The lowest BCUT2D eigenvalue weighted by molar-refractivity contribution is 0.0605. The molecule has 6 heteroatoms. The Morgan fingerprint density at radius 3 is 2.38 bits per heavy atom. The molecule has 1 N–H and O–H groups in total. The fraction of sp³-hybridized carbons (Fsp3) is 0.391. The normalized spacial score (nSPS) is 15.1. The zero-order chi connectivity index (χ0) is 21.6. The number of nitrogens with zero attached hydrogens (tertiary/aromatic N) is 1. The van der Waals surface area contributed by atoms with Crippen LogP contribution in [0.15, 0.2) is 40.9 Å². The molecule has 0 heterocycles. The van der Waals surface area contributed by atoms with Gasteiger partial charge in [-0.1, -0.05) is 28.1 Å². The molecule has 0 bridgehead atoms. The van der Waals surface area contributed by atoms with Crippen molar-refractivity contribution in [1.29, 1.82) is 0 Å². The number of halogens is 2. The van der Waals surface area contributed by atoms with E-state index in [0.29, 0.717) is 17.5 Å². The van der Waals surface area contributed by atoms with Crippen LogP contribution in [0, 0.1) is 12.7 Å². The molecule has 0 atom stereocenters. The average Bonchev–Trinajstić information content (AvgIpc) is 3.35. The fourth-order valence-corrected chi connectivity index (χ4v) is 4.57. The highest BCUT2D eigenvalue weighted by Gasteiger charge is 2.54. The van der Waals surface area contributed by atoms with Crippen molar-refractivity contribution in [3.05, 3.63) is 68.9 Å². The zero-order valence-electron chi connectivity index (χ0n) is 17.1. The summed E-state index contributed by atoms with van der Waals surface area (Å²) in [7, 11) is 0. The van der Waals surface area contributed by atoms with E-state index in [2.05, 4.69) is 15.9 Å². The second-order valence-corrected chi connectivity index (χ2v) is 9.63. The van der Waals surface area contributed by atoms with Crippen LogP contribution in [0.3, 0.4) is 0 Å². The summed E-state index contributed by atoms with van der Waals surface area (Å²) in [6, 6.07) is 9.41. The van der Waals surface area contributed by atoms with E-state index in [1.807, 2.05) is 39.8 Å². The molecule has 0 spiro atoms. The van der Waals surface area contributed by atoms with Crippen molar-refractivity contribution >= 4 is 27.8 Å². The maximum atomic E-state index is 13.6. The van der Waals surface area contributed by atoms with Crippen LogP contribution < -0.4 is 0 Å². The third kappa shape index (κ3) is 4.37.